The zero-order chi connectivity index (χ0) is 11.3. The van der Waals surface area contributed by atoms with Gasteiger partial charge >= 0.3 is 5.97 Å². The molecule has 2 atom stereocenters. The number of rotatable bonds is 5. The normalized spacial score (nSPS) is 21.6. The summed E-state index contributed by atoms with van der Waals surface area (Å²) in [5, 5.41) is 0. The summed E-state index contributed by atoms with van der Waals surface area (Å²) < 4.78 is 9.79. The minimum atomic E-state index is -0.302. The van der Waals surface area contributed by atoms with Crippen molar-refractivity contribution in [1.29, 1.82) is 0 Å². The second-order valence-corrected chi connectivity index (χ2v) is 4.01. The average molecular weight is 233 g/mol. The van der Waals surface area contributed by atoms with Crippen molar-refractivity contribution >= 4 is 20.7 Å². The van der Waals surface area contributed by atoms with E-state index >= 15 is 0 Å². The molecule has 1 aliphatic heterocycles. The highest BCUT2D eigenvalue weighted by Crippen LogP contribution is 2.18. The molecular weight excluding hydrogens is 217 g/mol. The Morgan fingerprint density at radius 2 is 2.40 bits per heavy atom. The third-order valence-corrected chi connectivity index (χ3v) is 2.85. The van der Waals surface area contributed by atoms with Crippen molar-refractivity contribution in [3.63, 3.8) is 0 Å². The molecule has 1 heterocycles. The van der Waals surface area contributed by atoms with Crippen LogP contribution in [0.15, 0.2) is 0 Å². The molecule has 0 radical (unpaired) electrons. The maximum absolute atomic E-state index is 11.5. The Morgan fingerprint density at radius 1 is 1.67 bits per heavy atom. The van der Waals surface area contributed by atoms with Crippen LogP contribution in [0.4, 0.5) is 0 Å². The number of carbonyl (C=O) groups excluding carboxylic acids is 2. The van der Waals surface area contributed by atoms with E-state index in [9.17, 15) is 9.59 Å². The Labute approximate surface area is 91.0 Å². The molecular formula is C9H16NO4P. The van der Waals surface area contributed by atoms with Gasteiger partial charge in [0.05, 0.1) is 19.6 Å². The van der Waals surface area contributed by atoms with E-state index in [2.05, 4.69) is 4.74 Å². The van der Waals surface area contributed by atoms with E-state index < -0.39 is 0 Å². The van der Waals surface area contributed by atoms with E-state index in [1.165, 1.54) is 7.11 Å². The van der Waals surface area contributed by atoms with E-state index in [0.717, 1.165) is 0 Å². The molecule has 2 unspecified atom stereocenters. The van der Waals surface area contributed by atoms with Crippen LogP contribution in [0.2, 0.25) is 0 Å². The van der Waals surface area contributed by atoms with Crippen molar-refractivity contribution in [3.05, 3.63) is 0 Å². The van der Waals surface area contributed by atoms with Gasteiger partial charge in [0.15, 0.2) is 0 Å². The Balaban J connectivity index is 2.35. The van der Waals surface area contributed by atoms with Gasteiger partial charge < -0.3 is 14.2 Å². The van der Waals surface area contributed by atoms with Gasteiger partial charge in [-0.15, -0.1) is 0 Å². The first-order valence-electron chi connectivity index (χ1n) is 4.83. The van der Waals surface area contributed by atoms with Crippen molar-refractivity contribution in [2.75, 3.05) is 33.5 Å². The number of methoxy groups -OCH3 is 1. The van der Waals surface area contributed by atoms with Crippen LogP contribution >= 0.6 is 8.81 Å². The predicted molar refractivity (Wildman–Crippen MR) is 56.9 cm³/mol. The third kappa shape index (κ3) is 3.43. The van der Waals surface area contributed by atoms with E-state index in [0.29, 0.717) is 28.5 Å². The number of carbonyl (C=O) groups is 2. The zero-order valence-corrected chi connectivity index (χ0v) is 9.99. The highest BCUT2D eigenvalue weighted by Gasteiger charge is 2.34. The lowest BCUT2D eigenvalue weighted by Crippen LogP contribution is -2.29. The topological polar surface area (TPSA) is 55.8 Å². The minimum Gasteiger partial charge on any atom is -0.469 e. The number of likely N-dealkylation sites (tertiary alicyclic amines) is 1. The summed E-state index contributed by atoms with van der Waals surface area (Å²) in [5.74, 6) is -0.593. The molecule has 0 aromatic carbocycles. The summed E-state index contributed by atoms with van der Waals surface area (Å²) in [6.07, 6.45) is 0.265. The summed E-state index contributed by atoms with van der Waals surface area (Å²) in [4.78, 5) is 24.3. The molecule has 0 aromatic rings. The lowest BCUT2D eigenvalue weighted by atomic mass is 10.1. The highest BCUT2D eigenvalue weighted by molar-refractivity contribution is 7.31. The number of hydrogen-bond donors (Lipinski definition) is 0. The molecule has 5 nitrogen and oxygen atoms in total. The highest BCUT2D eigenvalue weighted by atomic mass is 31.1. The maximum atomic E-state index is 11.5. The van der Waals surface area contributed by atoms with Gasteiger partial charge in [-0.2, -0.15) is 0 Å². The van der Waals surface area contributed by atoms with Crippen LogP contribution < -0.4 is 0 Å². The molecule has 0 aromatic heterocycles. The zero-order valence-electron chi connectivity index (χ0n) is 8.99. The van der Waals surface area contributed by atoms with Crippen molar-refractivity contribution in [2.45, 2.75) is 6.42 Å². The van der Waals surface area contributed by atoms with Gasteiger partial charge in [-0.3, -0.25) is 9.59 Å². The van der Waals surface area contributed by atoms with Crippen molar-refractivity contribution in [1.82, 2.24) is 4.90 Å². The van der Waals surface area contributed by atoms with Crippen molar-refractivity contribution in [2.24, 2.45) is 5.92 Å². The summed E-state index contributed by atoms with van der Waals surface area (Å²) in [6.45, 7) is 3.49. The van der Waals surface area contributed by atoms with Crippen LogP contribution in [0.1, 0.15) is 6.42 Å². The molecule has 86 valence electrons. The molecule has 0 spiro atoms. The molecule has 0 aliphatic carbocycles. The lowest BCUT2D eigenvalue weighted by Gasteiger charge is -2.15. The fraction of sp³-hybridized carbons (Fsp3) is 0.778. The Kier molecular flexibility index (Phi) is 4.99. The second-order valence-electron chi connectivity index (χ2n) is 3.32. The Hall–Kier alpha value is -0.670. The smallest absolute Gasteiger partial charge is 0.310 e. The van der Waals surface area contributed by atoms with Gasteiger partial charge in [-0.1, -0.05) is 0 Å². The predicted octanol–water partition coefficient (Wildman–Crippen LogP) is 0.248. The van der Waals surface area contributed by atoms with Gasteiger partial charge in [0.2, 0.25) is 5.91 Å². The molecule has 0 N–H and O–H groups in total. The van der Waals surface area contributed by atoms with E-state index in [1.807, 2.05) is 6.66 Å². The summed E-state index contributed by atoms with van der Waals surface area (Å²) >= 11 is 0. The van der Waals surface area contributed by atoms with Gasteiger partial charge in [-0.05, 0) is 6.66 Å². The van der Waals surface area contributed by atoms with Crippen LogP contribution in [0.25, 0.3) is 0 Å². The standard InChI is InChI=1S/C9H16NO4P/c1-13-9(12)7-5-8(11)10(6-7)3-4-14-15-2/h7,15H,3-6H2,1-2H3. The molecule has 6 heteroatoms. The number of ether oxygens (including phenoxy) is 1. The monoisotopic (exact) mass is 233 g/mol. The number of nitrogens with zero attached hydrogens (tertiary/aromatic N) is 1. The SMILES string of the molecule is COC(=O)C1CC(=O)N(CCOPC)C1. The Morgan fingerprint density at radius 3 is 3.00 bits per heavy atom. The molecule has 15 heavy (non-hydrogen) atoms. The summed E-state index contributed by atoms with van der Waals surface area (Å²) in [5.41, 5.74) is 0. The molecule has 1 fully saturated rings. The second kappa shape index (κ2) is 6.03. The van der Waals surface area contributed by atoms with Gasteiger partial charge in [0.25, 0.3) is 0 Å². The van der Waals surface area contributed by atoms with Crippen LogP contribution in [0.5, 0.6) is 0 Å². The third-order valence-electron chi connectivity index (χ3n) is 2.36. The summed E-state index contributed by atoms with van der Waals surface area (Å²) in [7, 11) is 1.78. The fourth-order valence-corrected chi connectivity index (χ4v) is 1.87. The quantitative estimate of drug-likeness (QED) is 0.388. The van der Waals surface area contributed by atoms with Gasteiger partial charge in [0, 0.05) is 28.3 Å². The molecule has 1 saturated heterocycles. The van der Waals surface area contributed by atoms with Crippen LogP contribution in [-0.2, 0) is 18.8 Å². The van der Waals surface area contributed by atoms with E-state index in [-0.39, 0.29) is 24.2 Å². The average Bonchev–Trinajstić information content (AvgIpc) is 2.60. The number of esters is 1. The van der Waals surface area contributed by atoms with Crippen molar-refractivity contribution in [3.8, 4) is 0 Å². The first kappa shape index (κ1) is 12.4. The first-order chi connectivity index (χ1) is 7.19. The maximum Gasteiger partial charge on any atom is 0.310 e. The van der Waals surface area contributed by atoms with Crippen LogP contribution in [0, 0.1) is 5.92 Å². The van der Waals surface area contributed by atoms with Crippen LogP contribution in [0.3, 0.4) is 0 Å². The lowest BCUT2D eigenvalue weighted by molar-refractivity contribution is -0.145. The largest absolute Gasteiger partial charge is 0.469 e. The summed E-state index contributed by atoms with van der Waals surface area (Å²) in [6, 6.07) is 0. The number of amides is 1. The Bertz CT molecular complexity index is 246. The van der Waals surface area contributed by atoms with Gasteiger partial charge in [0.1, 0.15) is 0 Å². The fourth-order valence-electron chi connectivity index (χ4n) is 1.57. The molecule has 0 saturated carbocycles. The van der Waals surface area contributed by atoms with Crippen LogP contribution in [-0.4, -0.2) is 50.2 Å². The molecule has 1 amide bonds. The molecule has 0 bridgehead atoms. The van der Waals surface area contributed by atoms with Gasteiger partial charge in [-0.25, -0.2) is 0 Å². The molecule has 1 aliphatic rings. The first-order valence-corrected chi connectivity index (χ1v) is 6.24. The van der Waals surface area contributed by atoms with Crippen molar-refractivity contribution < 1.29 is 18.8 Å². The minimum absolute atomic E-state index is 0.00781. The van der Waals surface area contributed by atoms with E-state index in [4.69, 9.17) is 4.52 Å². The van der Waals surface area contributed by atoms with E-state index in [1.54, 1.807) is 4.90 Å². The number of hydrogen-bond acceptors (Lipinski definition) is 4. The molecule has 1 rings (SSSR count).